The zero-order chi connectivity index (χ0) is 17.3. The lowest BCUT2D eigenvalue weighted by atomic mass is 9.92. The fourth-order valence-electron chi connectivity index (χ4n) is 2.85. The van der Waals surface area contributed by atoms with E-state index >= 15 is 0 Å². The van der Waals surface area contributed by atoms with E-state index in [9.17, 15) is 19.1 Å². The molecule has 5 nitrogen and oxygen atoms in total. The van der Waals surface area contributed by atoms with Gasteiger partial charge in [0.05, 0.1) is 12.6 Å². The van der Waals surface area contributed by atoms with Crippen LogP contribution in [-0.2, 0) is 10.3 Å². The molecule has 0 unspecified atom stereocenters. The Hall–Kier alpha value is -2.73. The van der Waals surface area contributed by atoms with Gasteiger partial charge in [0.25, 0.3) is 5.91 Å². The van der Waals surface area contributed by atoms with Crippen LogP contribution in [0.1, 0.15) is 24.2 Å². The van der Waals surface area contributed by atoms with Crippen molar-refractivity contribution < 1.29 is 19.1 Å². The first kappa shape index (κ1) is 16.1. The molecule has 124 valence electrons. The predicted octanol–water partition coefficient (Wildman–Crippen LogP) is 2.33. The molecule has 2 aromatic rings. The molecule has 2 N–H and O–H groups in total. The van der Waals surface area contributed by atoms with Crippen LogP contribution < -0.4 is 5.32 Å². The second-order valence-corrected chi connectivity index (χ2v) is 5.87. The first-order valence-electron chi connectivity index (χ1n) is 7.55. The summed E-state index contributed by atoms with van der Waals surface area (Å²) in [5.74, 6) is -1.06. The molecule has 3 rings (SSSR count). The van der Waals surface area contributed by atoms with Crippen LogP contribution in [0.15, 0.2) is 54.6 Å². The lowest BCUT2D eigenvalue weighted by Gasteiger charge is -2.23. The summed E-state index contributed by atoms with van der Waals surface area (Å²) in [5, 5.41) is 12.9. The fraction of sp³-hybridized carbons (Fsp3) is 0.222. The summed E-state index contributed by atoms with van der Waals surface area (Å²) < 4.78 is 13.8. The topological polar surface area (TPSA) is 69.6 Å². The van der Waals surface area contributed by atoms with Gasteiger partial charge >= 0.3 is 6.03 Å². The van der Waals surface area contributed by atoms with Gasteiger partial charge in [0.2, 0.25) is 0 Å². The van der Waals surface area contributed by atoms with E-state index in [0.29, 0.717) is 5.56 Å². The van der Waals surface area contributed by atoms with Crippen LogP contribution >= 0.6 is 0 Å². The maximum atomic E-state index is 13.8. The van der Waals surface area contributed by atoms with E-state index in [1.807, 2.05) is 6.07 Å². The second-order valence-electron chi connectivity index (χ2n) is 5.87. The van der Waals surface area contributed by atoms with Crippen molar-refractivity contribution in [2.24, 2.45) is 0 Å². The number of aliphatic hydroxyl groups is 1. The number of nitrogens with zero attached hydrogens (tertiary/aromatic N) is 1. The highest BCUT2D eigenvalue weighted by molar-refractivity contribution is 6.07. The number of rotatable bonds is 4. The van der Waals surface area contributed by atoms with Crippen molar-refractivity contribution in [1.82, 2.24) is 10.2 Å². The summed E-state index contributed by atoms with van der Waals surface area (Å²) in [6, 6.07) is 14.0. The molecular formula is C18H17FN2O3. The third kappa shape index (κ3) is 2.65. The molecule has 1 aliphatic heterocycles. The van der Waals surface area contributed by atoms with E-state index < -0.39 is 29.4 Å². The standard InChI is InChI=1S/C18H17FN2O3/c1-18(12-7-3-2-4-8-12)16(23)21(17(24)20-18)11-15(22)13-9-5-6-10-14(13)19/h2-10,15,22H,11H2,1H3,(H,20,24)/t15-,18-/m1/s1. The molecule has 1 saturated heterocycles. The number of benzene rings is 2. The monoisotopic (exact) mass is 328 g/mol. The highest BCUT2D eigenvalue weighted by atomic mass is 19.1. The molecule has 0 radical (unpaired) electrons. The van der Waals surface area contributed by atoms with Gasteiger partial charge in [-0.3, -0.25) is 9.69 Å². The number of halogens is 1. The van der Waals surface area contributed by atoms with Crippen LogP contribution in [-0.4, -0.2) is 28.5 Å². The lowest BCUT2D eigenvalue weighted by molar-refractivity contribution is -0.132. The van der Waals surface area contributed by atoms with E-state index in [0.717, 1.165) is 4.90 Å². The number of carbonyl (C=O) groups excluding carboxylic acids is 2. The van der Waals surface area contributed by atoms with Crippen molar-refractivity contribution in [3.05, 3.63) is 71.5 Å². The summed E-state index contributed by atoms with van der Waals surface area (Å²) in [6.07, 6.45) is -1.29. The Balaban J connectivity index is 1.84. The molecule has 1 fully saturated rings. The Labute approximate surface area is 138 Å². The third-order valence-corrected chi connectivity index (χ3v) is 4.25. The molecule has 0 saturated carbocycles. The van der Waals surface area contributed by atoms with Crippen LogP contribution in [0.3, 0.4) is 0 Å². The molecule has 0 spiro atoms. The summed E-state index contributed by atoms with van der Waals surface area (Å²) in [7, 11) is 0. The minimum absolute atomic E-state index is 0.0476. The normalized spacial score (nSPS) is 21.7. The largest absolute Gasteiger partial charge is 0.386 e. The number of urea groups is 1. The van der Waals surface area contributed by atoms with Crippen molar-refractivity contribution in [3.8, 4) is 0 Å². The number of hydrogen-bond donors (Lipinski definition) is 2. The van der Waals surface area contributed by atoms with Crippen molar-refractivity contribution in [3.63, 3.8) is 0 Å². The van der Waals surface area contributed by atoms with Crippen LogP contribution in [0.25, 0.3) is 0 Å². The molecule has 6 heteroatoms. The highest BCUT2D eigenvalue weighted by Gasteiger charge is 2.49. The van der Waals surface area contributed by atoms with Crippen LogP contribution in [0, 0.1) is 5.82 Å². The van der Waals surface area contributed by atoms with Crippen molar-refractivity contribution in [2.45, 2.75) is 18.6 Å². The maximum Gasteiger partial charge on any atom is 0.325 e. The van der Waals surface area contributed by atoms with Crippen molar-refractivity contribution in [1.29, 1.82) is 0 Å². The Morgan fingerprint density at radius 2 is 1.75 bits per heavy atom. The number of nitrogens with one attached hydrogen (secondary N) is 1. The summed E-state index contributed by atoms with van der Waals surface area (Å²) in [4.78, 5) is 25.9. The van der Waals surface area contributed by atoms with E-state index in [4.69, 9.17) is 0 Å². The molecular weight excluding hydrogens is 311 g/mol. The molecule has 1 heterocycles. The molecule has 2 aromatic carbocycles. The summed E-state index contributed by atoms with van der Waals surface area (Å²) in [6.45, 7) is 1.30. The number of β-amino-alcohol motifs (C(OH)–C–C–N with tert-alkyl or cyclic N) is 1. The second kappa shape index (κ2) is 6.05. The molecule has 3 amide bonds. The maximum absolute atomic E-state index is 13.8. The van der Waals surface area contributed by atoms with Gasteiger partial charge < -0.3 is 10.4 Å². The molecule has 2 atom stereocenters. The zero-order valence-electron chi connectivity index (χ0n) is 13.1. The van der Waals surface area contributed by atoms with E-state index in [1.54, 1.807) is 37.3 Å². The van der Waals surface area contributed by atoms with Crippen molar-refractivity contribution in [2.75, 3.05) is 6.54 Å². The Morgan fingerprint density at radius 1 is 1.12 bits per heavy atom. The van der Waals surface area contributed by atoms with Crippen molar-refractivity contribution >= 4 is 11.9 Å². The average molecular weight is 328 g/mol. The number of imide groups is 1. The zero-order valence-corrected chi connectivity index (χ0v) is 13.1. The SMILES string of the molecule is C[C@]1(c2ccccc2)NC(=O)N(C[C@@H](O)c2ccccc2F)C1=O. The van der Waals surface area contributed by atoms with E-state index in [-0.39, 0.29) is 12.1 Å². The molecule has 1 aliphatic rings. The first-order chi connectivity index (χ1) is 11.4. The highest BCUT2D eigenvalue weighted by Crippen LogP contribution is 2.30. The number of carbonyl (C=O) groups is 2. The van der Waals surface area contributed by atoms with E-state index in [1.165, 1.54) is 18.2 Å². The Bertz CT molecular complexity index is 781. The molecule has 0 aliphatic carbocycles. The van der Waals surface area contributed by atoms with Crippen LogP contribution in [0.4, 0.5) is 9.18 Å². The molecule has 24 heavy (non-hydrogen) atoms. The lowest BCUT2D eigenvalue weighted by Crippen LogP contribution is -2.41. The summed E-state index contributed by atoms with van der Waals surface area (Å²) in [5.41, 5.74) is -0.509. The van der Waals surface area contributed by atoms with Gasteiger partial charge in [0.1, 0.15) is 11.4 Å². The van der Waals surface area contributed by atoms with Gasteiger partial charge in [-0.05, 0) is 18.6 Å². The quantitative estimate of drug-likeness (QED) is 0.846. The average Bonchev–Trinajstić information content (AvgIpc) is 2.80. The molecule has 0 aromatic heterocycles. The van der Waals surface area contributed by atoms with Gasteiger partial charge in [-0.15, -0.1) is 0 Å². The number of amides is 3. The molecule has 0 bridgehead atoms. The van der Waals surface area contributed by atoms with E-state index in [2.05, 4.69) is 5.32 Å². The first-order valence-corrected chi connectivity index (χ1v) is 7.55. The number of aliphatic hydroxyl groups excluding tert-OH is 1. The smallest absolute Gasteiger partial charge is 0.325 e. The summed E-state index contributed by atoms with van der Waals surface area (Å²) >= 11 is 0. The minimum Gasteiger partial charge on any atom is -0.386 e. The third-order valence-electron chi connectivity index (χ3n) is 4.25. The Morgan fingerprint density at radius 3 is 2.42 bits per heavy atom. The van der Waals surface area contributed by atoms with Gasteiger partial charge in [0.15, 0.2) is 0 Å². The van der Waals surface area contributed by atoms with Crippen LogP contribution in [0.2, 0.25) is 0 Å². The van der Waals surface area contributed by atoms with Gasteiger partial charge in [0, 0.05) is 5.56 Å². The van der Waals surface area contributed by atoms with Gasteiger partial charge in [-0.2, -0.15) is 0 Å². The van der Waals surface area contributed by atoms with Crippen LogP contribution in [0.5, 0.6) is 0 Å². The van der Waals surface area contributed by atoms with Gasteiger partial charge in [-0.25, -0.2) is 9.18 Å². The van der Waals surface area contributed by atoms with Gasteiger partial charge in [-0.1, -0.05) is 48.5 Å². The Kier molecular flexibility index (Phi) is 4.07. The predicted molar refractivity (Wildman–Crippen MR) is 85.4 cm³/mol. The number of hydrogen-bond acceptors (Lipinski definition) is 3. The fourth-order valence-corrected chi connectivity index (χ4v) is 2.85. The minimum atomic E-state index is -1.29.